The smallest absolute Gasteiger partial charge is 0.150 e. The lowest BCUT2D eigenvalue weighted by Gasteiger charge is -2.31. The van der Waals surface area contributed by atoms with Gasteiger partial charge in [-0.2, -0.15) is 0 Å². The van der Waals surface area contributed by atoms with Crippen LogP contribution in [-0.4, -0.2) is 35.6 Å². The van der Waals surface area contributed by atoms with Gasteiger partial charge in [0.15, 0.2) is 5.78 Å². The Kier molecular flexibility index (Phi) is 3.95. The van der Waals surface area contributed by atoms with E-state index in [9.17, 15) is 4.79 Å². The minimum absolute atomic E-state index is 0. The number of rotatable bonds is 2. The van der Waals surface area contributed by atoms with Crippen LogP contribution in [0.3, 0.4) is 0 Å². The molecular weight excluding hydrogens is 298 g/mol. The second kappa shape index (κ2) is 4.41. The Labute approximate surface area is 97.9 Å². The first-order valence-corrected chi connectivity index (χ1v) is 5.71. The number of alkyl halides is 1. The van der Waals surface area contributed by atoms with E-state index in [-0.39, 0.29) is 22.4 Å². The fraction of sp³-hybridized carbons (Fsp3) is 0.889. The van der Waals surface area contributed by atoms with E-state index >= 15 is 0 Å². The Hall–Kier alpha value is 0.590. The maximum absolute atomic E-state index is 11.7. The molecule has 2 saturated heterocycles. The predicted octanol–water partition coefficient (Wildman–Crippen LogP) is 2.01. The molecule has 0 radical (unpaired) electrons. The van der Waals surface area contributed by atoms with Crippen molar-refractivity contribution in [1.82, 2.24) is 4.90 Å². The quantitative estimate of drug-likeness (QED) is 0.727. The minimum atomic E-state index is 0. The maximum Gasteiger partial charge on any atom is 0.150 e. The molecule has 0 aromatic heterocycles. The number of carbonyl (C=O) groups excluding carboxylic acids is 1. The number of hydrogen-bond acceptors (Lipinski definition) is 2. The highest BCUT2D eigenvalue weighted by molar-refractivity contribution is 9.09. The molecule has 0 amide bonds. The van der Waals surface area contributed by atoms with E-state index in [1.165, 1.54) is 13.0 Å². The lowest BCUT2D eigenvalue weighted by atomic mass is 9.78. The molecule has 2 bridgehead atoms. The molecule has 2 rings (SSSR count). The molecule has 4 heteroatoms. The molecule has 0 N–H and O–H groups in total. The Bertz CT molecular complexity index is 206. The SMILES string of the molecule is Br.O=C(CBr)C12CCCN(CC1)C2. The molecule has 2 unspecified atom stereocenters. The van der Waals surface area contributed by atoms with Gasteiger partial charge in [0.2, 0.25) is 0 Å². The van der Waals surface area contributed by atoms with Crippen molar-refractivity contribution in [2.45, 2.75) is 19.3 Å². The van der Waals surface area contributed by atoms with Crippen LogP contribution in [0.5, 0.6) is 0 Å². The van der Waals surface area contributed by atoms with Gasteiger partial charge in [0.05, 0.1) is 5.33 Å². The van der Waals surface area contributed by atoms with Crippen molar-refractivity contribution in [2.75, 3.05) is 25.0 Å². The number of ketones is 1. The van der Waals surface area contributed by atoms with E-state index in [0.717, 1.165) is 25.9 Å². The number of fused-ring (bicyclic) bond motifs is 2. The molecule has 2 fully saturated rings. The van der Waals surface area contributed by atoms with Crippen molar-refractivity contribution in [3.8, 4) is 0 Å². The average molecular weight is 313 g/mol. The number of nitrogens with zero attached hydrogens (tertiary/aromatic N) is 1. The molecule has 2 aliphatic heterocycles. The summed E-state index contributed by atoms with van der Waals surface area (Å²) in [5, 5.41) is 0.542. The lowest BCUT2D eigenvalue weighted by Crippen LogP contribution is -2.39. The van der Waals surface area contributed by atoms with Crippen molar-refractivity contribution in [1.29, 1.82) is 0 Å². The molecule has 0 spiro atoms. The van der Waals surface area contributed by atoms with E-state index in [2.05, 4.69) is 20.8 Å². The van der Waals surface area contributed by atoms with Crippen LogP contribution in [-0.2, 0) is 4.79 Å². The van der Waals surface area contributed by atoms with Gasteiger partial charge >= 0.3 is 0 Å². The van der Waals surface area contributed by atoms with Gasteiger partial charge in [0.1, 0.15) is 0 Å². The second-order valence-electron chi connectivity index (χ2n) is 3.97. The monoisotopic (exact) mass is 311 g/mol. The van der Waals surface area contributed by atoms with Crippen LogP contribution in [0.2, 0.25) is 0 Å². The van der Waals surface area contributed by atoms with Gasteiger partial charge in [0, 0.05) is 12.0 Å². The summed E-state index contributed by atoms with van der Waals surface area (Å²) in [6, 6.07) is 0. The molecule has 0 aromatic rings. The Balaban J connectivity index is 0.000000845. The highest BCUT2D eigenvalue weighted by Crippen LogP contribution is 2.40. The van der Waals surface area contributed by atoms with Crippen molar-refractivity contribution < 1.29 is 4.79 Å². The third kappa shape index (κ3) is 2.00. The number of hydrogen-bond donors (Lipinski definition) is 0. The number of halogens is 2. The first kappa shape index (κ1) is 11.7. The first-order valence-electron chi connectivity index (χ1n) is 4.58. The largest absolute Gasteiger partial charge is 0.302 e. The van der Waals surface area contributed by atoms with Crippen LogP contribution in [0.25, 0.3) is 0 Å². The summed E-state index contributed by atoms with van der Waals surface area (Å²) < 4.78 is 0. The summed E-state index contributed by atoms with van der Waals surface area (Å²) in [6.45, 7) is 3.37. The Morgan fingerprint density at radius 3 is 2.85 bits per heavy atom. The number of piperidine rings is 1. The summed E-state index contributed by atoms with van der Waals surface area (Å²) >= 11 is 3.28. The van der Waals surface area contributed by atoms with Gasteiger partial charge in [0.25, 0.3) is 0 Å². The van der Waals surface area contributed by atoms with Crippen molar-refractivity contribution in [2.24, 2.45) is 5.41 Å². The van der Waals surface area contributed by atoms with E-state index in [0.29, 0.717) is 11.1 Å². The van der Waals surface area contributed by atoms with E-state index in [1.807, 2.05) is 0 Å². The molecular formula is C9H15Br2NO. The van der Waals surface area contributed by atoms with Crippen LogP contribution in [0.15, 0.2) is 0 Å². The van der Waals surface area contributed by atoms with Crippen molar-refractivity contribution >= 4 is 38.7 Å². The third-order valence-electron chi connectivity index (χ3n) is 3.28. The van der Waals surface area contributed by atoms with E-state index in [4.69, 9.17) is 0 Å². The zero-order valence-corrected chi connectivity index (χ0v) is 10.9. The van der Waals surface area contributed by atoms with Gasteiger partial charge in [-0.05, 0) is 32.4 Å². The summed E-state index contributed by atoms with van der Waals surface area (Å²) in [6.07, 6.45) is 3.42. The molecule has 0 saturated carbocycles. The van der Waals surface area contributed by atoms with Gasteiger partial charge < -0.3 is 4.90 Å². The molecule has 76 valence electrons. The number of carbonyl (C=O) groups is 1. The van der Waals surface area contributed by atoms with Crippen LogP contribution in [0, 0.1) is 5.41 Å². The minimum Gasteiger partial charge on any atom is -0.302 e. The zero-order chi connectivity index (χ0) is 8.60. The predicted molar refractivity (Wildman–Crippen MR) is 61.8 cm³/mol. The van der Waals surface area contributed by atoms with Gasteiger partial charge in [-0.1, -0.05) is 15.9 Å². The molecule has 2 heterocycles. The molecule has 0 aromatic carbocycles. The zero-order valence-electron chi connectivity index (χ0n) is 7.59. The molecule has 0 aliphatic carbocycles. The van der Waals surface area contributed by atoms with Gasteiger partial charge in [-0.3, -0.25) is 4.79 Å². The van der Waals surface area contributed by atoms with E-state index < -0.39 is 0 Å². The summed E-state index contributed by atoms with van der Waals surface area (Å²) in [7, 11) is 0. The van der Waals surface area contributed by atoms with Crippen molar-refractivity contribution in [3.63, 3.8) is 0 Å². The van der Waals surface area contributed by atoms with Crippen LogP contribution in [0.1, 0.15) is 19.3 Å². The fourth-order valence-corrected chi connectivity index (χ4v) is 3.10. The van der Waals surface area contributed by atoms with E-state index in [1.54, 1.807) is 0 Å². The van der Waals surface area contributed by atoms with Crippen LogP contribution < -0.4 is 0 Å². The number of Topliss-reactive ketones (excluding diaryl/α,β-unsaturated/α-hetero) is 1. The summed E-state index contributed by atoms with van der Waals surface area (Å²) in [4.78, 5) is 14.1. The Morgan fingerprint density at radius 2 is 2.15 bits per heavy atom. The van der Waals surface area contributed by atoms with Gasteiger partial charge in [-0.15, -0.1) is 17.0 Å². The highest BCUT2D eigenvalue weighted by Gasteiger charge is 2.45. The van der Waals surface area contributed by atoms with Crippen LogP contribution in [0.4, 0.5) is 0 Å². The molecule has 2 atom stereocenters. The van der Waals surface area contributed by atoms with Crippen molar-refractivity contribution in [3.05, 3.63) is 0 Å². The molecule has 2 aliphatic rings. The second-order valence-corrected chi connectivity index (χ2v) is 4.53. The van der Waals surface area contributed by atoms with Gasteiger partial charge in [-0.25, -0.2) is 0 Å². The standard InChI is InChI=1S/C9H14BrNO.BrH/c10-6-8(12)9-2-1-4-11(7-9)5-3-9;/h1-7H2;1H. The average Bonchev–Trinajstić information content (AvgIpc) is 2.42. The third-order valence-corrected chi connectivity index (χ3v) is 3.78. The topological polar surface area (TPSA) is 20.3 Å². The maximum atomic E-state index is 11.7. The normalized spacial score (nSPS) is 36.8. The first-order chi connectivity index (χ1) is 5.77. The Morgan fingerprint density at radius 1 is 1.38 bits per heavy atom. The molecule has 2 nitrogen and oxygen atoms in total. The summed E-state index contributed by atoms with van der Waals surface area (Å²) in [5.74, 6) is 0.421. The fourth-order valence-electron chi connectivity index (χ4n) is 2.50. The lowest BCUT2D eigenvalue weighted by molar-refractivity contribution is -0.126. The summed E-state index contributed by atoms with van der Waals surface area (Å²) in [5.41, 5.74) is 0.0434. The van der Waals surface area contributed by atoms with Crippen LogP contribution >= 0.6 is 32.9 Å². The highest BCUT2D eigenvalue weighted by atomic mass is 79.9. The molecule has 13 heavy (non-hydrogen) atoms.